The highest BCUT2D eigenvalue weighted by molar-refractivity contribution is 7.99. The third-order valence-electron chi connectivity index (χ3n) is 3.75. The number of hydrogen-bond donors (Lipinski definition) is 1. The Bertz CT molecular complexity index is 394. The zero-order chi connectivity index (χ0) is 14.9. The van der Waals surface area contributed by atoms with Gasteiger partial charge in [-0.15, -0.1) is 11.8 Å². The van der Waals surface area contributed by atoms with Gasteiger partial charge in [0.15, 0.2) is 0 Å². The fraction of sp³-hybridized carbons (Fsp3) is 0.857. The van der Waals surface area contributed by atoms with Crippen molar-refractivity contribution in [3.8, 4) is 0 Å². The Morgan fingerprint density at radius 3 is 2.60 bits per heavy atom. The van der Waals surface area contributed by atoms with Gasteiger partial charge in [-0.25, -0.2) is 0 Å². The predicted molar refractivity (Wildman–Crippen MR) is 81.5 cm³/mol. The van der Waals surface area contributed by atoms with Gasteiger partial charge in [0.05, 0.1) is 5.88 Å². The van der Waals surface area contributed by atoms with Crippen LogP contribution in [0.25, 0.3) is 0 Å². The number of piperazine rings is 1. The summed E-state index contributed by atoms with van der Waals surface area (Å²) in [6.45, 7) is 10.1. The number of amides is 2. The Balaban J connectivity index is 2.06. The van der Waals surface area contributed by atoms with E-state index in [2.05, 4.69) is 12.2 Å². The molecule has 0 radical (unpaired) electrons. The average Bonchev–Trinajstić information content (AvgIpc) is 2.84. The number of nitrogens with zero attached hydrogens (tertiary/aromatic N) is 2. The molecule has 20 heavy (non-hydrogen) atoms. The molecule has 0 bridgehead atoms. The molecule has 2 saturated heterocycles. The minimum Gasteiger partial charge on any atom is -0.338 e. The summed E-state index contributed by atoms with van der Waals surface area (Å²) >= 11 is 1.67. The Morgan fingerprint density at radius 1 is 1.30 bits per heavy atom. The lowest BCUT2D eigenvalue weighted by Gasteiger charge is -2.36. The number of hydrogen-bond acceptors (Lipinski definition) is 4. The van der Waals surface area contributed by atoms with Crippen molar-refractivity contribution in [3.63, 3.8) is 0 Å². The van der Waals surface area contributed by atoms with E-state index in [0.717, 1.165) is 25.4 Å². The molecule has 0 saturated carbocycles. The van der Waals surface area contributed by atoms with Gasteiger partial charge in [0, 0.05) is 36.8 Å². The predicted octanol–water partition coefficient (Wildman–Crippen LogP) is 0.754. The molecule has 2 aliphatic heterocycles. The summed E-state index contributed by atoms with van der Waals surface area (Å²) in [4.78, 5) is 28.8. The van der Waals surface area contributed by atoms with Gasteiger partial charge < -0.3 is 15.1 Å². The van der Waals surface area contributed by atoms with Gasteiger partial charge >= 0.3 is 0 Å². The van der Waals surface area contributed by atoms with E-state index in [1.165, 1.54) is 0 Å². The zero-order valence-corrected chi connectivity index (χ0v) is 13.6. The molecular weight excluding hydrogens is 274 g/mol. The Hall–Kier alpha value is -0.750. The molecule has 0 aromatic rings. The molecule has 2 atom stereocenters. The summed E-state index contributed by atoms with van der Waals surface area (Å²) in [6, 6.07) is 0.0468. The highest BCUT2D eigenvalue weighted by Gasteiger charge is 2.41. The topological polar surface area (TPSA) is 52.7 Å². The Labute approximate surface area is 125 Å². The lowest BCUT2D eigenvalue weighted by atomic mass is 9.94. The number of carbonyl (C=O) groups excluding carboxylic acids is 2. The van der Waals surface area contributed by atoms with Crippen LogP contribution in [0.2, 0.25) is 0 Å². The van der Waals surface area contributed by atoms with Crippen LogP contribution in [0, 0.1) is 5.41 Å². The molecule has 2 fully saturated rings. The van der Waals surface area contributed by atoms with Crippen LogP contribution >= 0.6 is 11.8 Å². The summed E-state index contributed by atoms with van der Waals surface area (Å²) < 4.78 is 0. The maximum atomic E-state index is 12.7. The van der Waals surface area contributed by atoms with Crippen LogP contribution in [-0.2, 0) is 9.59 Å². The van der Waals surface area contributed by atoms with E-state index in [0.29, 0.717) is 11.9 Å². The fourth-order valence-electron chi connectivity index (χ4n) is 2.62. The summed E-state index contributed by atoms with van der Waals surface area (Å²) in [5.41, 5.74) is -0.430. The van der Waals surface area contributed by atoms with Gasteiger partial charge in [0.2, 0.25) is 11.8 Å². The Morgan fingerprint density at radius 2 is 2.00 bits per heavy atom. The minimum atomic E-state index is -0.430. The smallest absolute Gasteiger partial charge is 0.246 e. The third-order valence-corrected chi connectivity index (χ3v) is 4.76. The number of nitrogens with one attached hydrogen (secondary N) is 1. The summed E-state index contributed by atoms with van der Waals surface area (Å²) in [5, 5.41) is 3.34. The maximum absolute atomic E-state index is 12.7. The van der Waals surface area contributed by atoms with E-state index >= 15 is 0 Å². The zero-order valence-electron chi connectivity index (χ0n) is 12.8. The molecular formula is C14H25N3O2S. The first-order valence-electron chi connectivity index (χ1n) is 7.21. The first-order chi connectivity index (χ1) is 9.30. The largest absolute Gasteiger partial charge is 0.338 e. The number of thioether (sulfide) groups is 1. The Kier molecular flexibility index (Phi) is 4.64. The third kappa shape index (κ3) is 3.28. The summed E-state index contributed by atoms with van der Waals surface area (Å²) in [7, 11) is 0. The van der Waals surface area contributed by atoms with Gasteiger partial charge in [-0.2, -0.15) is 0 Å². The van der Waals surface area contributed by atoms with Gasteiger partial charge in [-0.1, -0.05) is 20.8 Å². The highest BCUT2D eigenvalue weighted by atomic mass is 32.2. The SMILES string of the molecule is CC1CN(C(=O)C2CSCN2C(=O)C(C)(C)C)CCN1. The van der Waals surface area contributed by atoms with Gasteiger partial charge in [-0.3, -0.25) is 9.59 Å². The van der Waals surface area contributed by atoms with Gasteiger partial charge in [0.1, 0.15) is 6.04 Å². The fourth-order valence-corrected chi connectivity index (χ4v) is 3.77. The van der Waals surface area contributed by atoms with Gasteiger partial charge in [0.25, 0.3) is 0 Å². The van der Waals surface area contributed by atoms with Crippen molar-refractivity contribution >= 4 is 23.6 Å². The lowest BCUT2D eigenvalue weighted by Crippen LogP contribution is -2.57. The summed E-state index contributed by atoms with van der Waals surface area (Å²) in [5.74, 6) is 1.54. The van der Waals surface area contributed by atoms with Crippen LogP contribution in [0.15, 0.2) is 0 Å². The second kappa shape index (κ2) is 5.93. The second-order valence-electron chi connectivity index (χ2n) is 6.68. The molecule has 0 spiro atoms. The van der Waals surface area contributed by atoms with Crippen molar-refractivity contribution in [3.05, 3.63) is 0 Å². The van der Waals surface area contributed by atoms with E-state index in [-0.39, 0.29) is 17.9 Å². The molecule has 1 N–H and O–H groups in total. The van der Waals surface area contributed by atoms with E-state index in [1.807, 2.05) is 25.7 Å². The lowest BCUT2D eigenvalue weighted by molar-refractivity contribution is -0.148. The molecule has 5 nitrogen and oxygen atoms in total. The normalized spacial score (nSPS) is 27.8. The van der Waals surface area contributed by atoms with Crippen LogP contribution in [0.1, 0.15) is 27.7 Å². The molecule has 0 aliphatic carbocycles. The van der Waals surface area contributed by atoms with Crippen molar-refractivity contribution in [1.82, 2.24) is 15.1 Å². The first-order valence-corrected chi connectivity index (χ1v) is 8.37. The minimum absolute atomic E-state index is 0.0732. The van der Waals surface area contributed by atoms with Crippen LogP contribution in [-0.4, -0.2) is 65.0 Å². The first kappa shape index (κ1) is 15.6. The average molecular weight is 299 g/mol. The van der Waals surface area contributed by atoms with Crippen molar-refractivity contribution in [2.45, 2.75) is 39.8 Å². The van der Waals surface area contributed by atoms with Crippen LogP contribution in [0.3, 0.4) is 0 Å². The number of carbonyl (C=O) groups is 2. The van der Waals surface area contributed by atoms with Crippen molar-refractivity contribution in [2.75, 3.05) is 31.3 Å². The van der Waals surface area contributed by atoms with E-state index in [1.54, 1.807) is 16.7 Å². The molecule has 2 heterocycles. The molecule has 2 rings (SSSR count). The van der Waals surface area contributed by atoms with Gasteiger partial charge in [-0.05, 0) is 6.92 Å². The van der Waals surface area contributed by atoms with Crippen LogP contribution in [0.4, 0.5) is 0 Å². The molecule has 2 aliphatic rings. The molecule has 2 amide bonds. The number of rotatable bonds is 1. The van der Waals surface area contributed by atoms with Crippen LogP contribution < -0.4 is 5.32 Å². The molecule has 0 aromatic carbocycles. The highest BCUT2D eigenvalue weighted by Crippen LogP contribution is 2.28. The molecule has 2 unspecified atom stereocenters. The van der Waals surface area contributed by atoms with E-state index in [9.17, 15) is 9.59 Å². The van der Waals surface area contributed by atoms with Crippen molar-refractivity contribution < 1.29 is 9.59 Å². The molecule has 6 heteroatoms. The van der Waals surface area contributed by atoms with Crippen molar-refractivity contribution in [2.24, 2.45) is 5.41 Å². The summed E-state index contributed by atoms with van der Waals surface area (Å²) in [6.07, 6.45) is 0. The standard InChI is InChI=1S/C14H25N3O2S/c1-10-7-16(6-5-15-10)12(18)11-8-20-9-17(11)13(19)14(2,3)4/h10-11,15H,5-9H2,1-4H3. The maximum Gasteiger partial charge on any atom is 0.246 e. The van der Waals surface area contributed by atoms with E-state index < -0.39 is 5.41 Å². The monoisotopic (exact) mass is 299 g/mol. The van der Waals surface area contributed by atoms with E-state index in [4.69, 9.17) is 0 Å². The molecule has 114 valence electrons. The second-order valence-corrected chi connectivity index (χ2v) is 7.68. The van der Waals surface area contributed by atoms with Crippen LogP contribution in [0.5, 0.6) is 0 Å². The van der Waals surface area contributed by atoms with Crippen molar-refractivity contribution in [1.29, 1.82) is 0 Å². The molecule has 0 aromatic heterocycles. The quantitative estimate of drug-likeness (QED) is 0.776.